The standard InChI is InChI=1S/C35H30I2N4/c1-20-4-6-21(7-5-20)34-29-15-14-28(40-29)33(22-8-10-23(36)11-9-22)27-13-12-24(38-27)16-25-19-35(2,3)32(39-25)18-30-26(37)17-31(34)41-30/h4-18,38-41H,19H2,1-3H3. The maximum Gasteiger partial charge on any atom is 0.0538 e. The molecule has 2 aliphatic rings. The van der Waals surface area contributed by atoms with Crippen molar-refractivity contribution in [1.29, 1.82) is 0 Å². The Labute approximate surface area is 267 Å². The van der Waals surface area contributed by atoms with Gasteiger partial charge in [0.1, 0.15) is 0 Å². The topological polar surface area (TPSA) is 59.4 Å². The van der Waals surface area contributed by atoms with Gasteiger partial charge in [0.15, 0.2) is 0 Å². The van der Waals surface area contributed by atoms with E-state index in [1.54, 1.807) is 0 Å². The van der Waals surface area contributed by atoms with Gasteiger partial charge in [0.25, 0.3) is 0 Å². The lowest BCUT2D eigenvalue weighted by Crippen LogP contribution is -2.17. The minimum absolute atomic E-state index is 0.000497. The molecule has 204 valence electrons. The molecule has 6 heteroatoms. The molecule has 0 atom stereocenters. The minimum Gasteiger partial charge on any atom is -0.362 e. The highest BCUT2D eigenvalue weighted by Gasteiger charge is 2.32. The quantitative estimate of drug-likeness (QED) is 0.140. The molecule has 1 saturated heterocycles. The van der Waals surface area contributed by atoms with E-state index in [0.717, 1.165) is 51.0 Å². The number of H-pyrrole nitrogens is 3. The summed E-state index contributed by atoms with van der Waals surface area (Å²) in [7, 11) is 0. The maximum absolute atomic E-state index is 3.82. The molecule has 1 fully saturated rings. The largest absolute Gasteiger partial charge is 0.362 e. The molecule has 41 heavy (non-hydrogen) atoms. The second kappa shape index (κ2) is 10.2. The van der Waals surface area contributed by atoms with Gasteiger partial charge >= 0.3 is 0 Å². The smallest absolute Gasteiger partial charge is 0.0538 e. The normalized spacial score (nSPS) is 15.9. The number of aromatic amines is 3. The van der Waals surface area contributed by atoms with Crippen LogP contribution < -0.4 is 16.0 Å². The lowest BCUT2D eigenvalue weighted by molar-refractivity contribution is 0.481. The first-order valence-corrected chi connectivity index (χ1v) is 15.9. The summed E-state index contributed by atoms with van der Waals surface area (Å²) in [5, 5.41) is 5.89. The number of aryl methyl sites for hydroxylation is 1. The Morgan fingerprint density at radius 3 is 2.05 bits per heavy atom. The fraction of sp³-hybridized carbons (Fsp3) is 0.143. The molecule has 0 aliphatic carbocycles. The van der Waals surface area contributed by atoms with Crippen LogP contribution in [0.1, 0.15) is 59.7 Å². The van der Waals surface area contributed by atoms with Gasteiger partial charge in [0.05, 0.1) is 5.69 Å². The zero-order chi connectivity index (χ0) is 28.3. The third-order valence-electron chi connectivity index (χ3n) is 8.02. The van der Waals surface area contributed by atoms with Crippen molar-refractivity contribution in [2.24, 2.45) is 5.41 Å². The van der Waals surface area contributed by atoms with Gasteiger partial charge < -0.3 is 20.3 Å². The minimum atomic E-state index is -0.000497. The number of rotatable bonds is 2. The molecule has 3 aromatic heterocycles. The van der Waals surface area contributed by atoms with E-state index in [1.807, 2.05) is 0 Å². The van der Waals surface area contributed by atoms with E-state index in [2.05, 4.69) is 177 Å². The molecular weight excluding hydrogens is 730 g/mol. The van der Waals surface area contributed by atoms with Crippen LogP contribution >= 0.6 is 45.2 Å². The molecule has 2 aliphatic heterocycles. The average molecular weight is 760 g/mol. The Hall–Kier alpha value is -3.24. The first kappa shape index (κ1) is 26.6. The number of benzene rings is 2. The number of allylic oxidation sites excluding steroid dienone is 2. The van der Waals surface area contributed by atoms with Gasteiger partial charge in [-0.05, 0) is 124 Å². The Kier molecular flexibility index (Phi) is 6.65. The highest BCUT2D eigenvalue weighted by Crippen LogP contribution is 2.40. The third-order valence-corrected chi connectivity index (χ3v) is 9.63. The number of aromatic nitrogens is 3. The Bertz CT molecular complexity index is 1980. The lowest BCUT2D eigenvalue weighted by atomic mass is 9.88. The number of hydrogen-bond acceptors (Lipinski definition) is 1. The van der Waals surface area contributed by atoms with Crippen LogP contribution in [0.5, 0.6) is 0 Å². The van der Waals surface area contributed by atoms with Crippen LogP contribution in [0.2, 0.25) is 0 Å². The van der Waals surface area contributed by atoms with Crippen molar-refractivity contribution in [3.63, 3.8) is 0 Å². The van der Waals surface area contributed by atoms with E-state index in [9.17, 15) is 0 Å². The second-order valence-electron chi connectivity index (χ2n) is 11.6. The Morgan fingerprint density at radius 1 is 0.683 bits per heavy atom. The summed E-state index contributed by atoms with van der Waals surface area (Å²) in [5.74, 6) is 0. The summed E-state index contributed by atoms with van der Waals surface area (Å²) in [5.41, 5.74) is 12.7. The average Bonchev–Trinajstić information content (AvgIpc) is 3.71. The first-order chi connectivity index (χ1) is 19.7. The number of halogens is 2. The summed E-state index contributed by atoms with van der Waals surface area (Å²) in [6.07, 6.45) is 5.48. The van der Waals surface area contributed by atoms with E-state index in [4.69, 9.17) is 0 Å². The van der Waals surface area contributed by atoms with Crippen molar-refractivity contribution in [1.82, 2.24) is 20.3 Å². The third kappa shape index (κ3) is 5.05. The van der Waals surface area contributed by atoms with Crippen molar-refractivity contribution in [2.45, 2.75) is 27.2 Å². The number of fused-ring (bicyclic) bond motifs is 8. The summed E-state index contributed by atoms with van der Waals surface area (Å²) < 4.78 is 2.41. The molecule has 2 aromatic carbocycles. The molecule has 8 bridgehead atoms. The predicted molar refractivity (Wildman–Crippen MR) is 185 cm³/mol. The van der Waals surface area contributed by atoms with Gasteiger partial charge in [-0.25, -0.2) is 0 Å². The maximum atomic E-state index is 3.82. The second-order valence-corrected chi connectivity index (χ2v) is 14.0. The van der Waals surface area contributed by atoms with Crippen LogP contribution in [0.3, 0.4) is 0 Å². The van der Waals surface area contributed by atoms with E-state index >= 15 is 0 Å². The molecule has 4 nitrogen and oxygen atoms in total. The van der Waals surface area contributed by atoms with Crippen molar-refractivity contribution in [3.8, 4) is 0 Å². The van der Waals surface area contributed by atoms with Gasteiger partial charge in [0, 0.05) is 62.9 Å². The van der Waals surface area contributed by atoms with Crippen molar-refractivity contribution >= 4 is 68.5 Å². The Morgan fingerprint density at radius 2 is 1.34 bits per heavy atom. The van der Waals surface area contributed by atoms with Crippen molar-refractivity contribution < 1.29 is 0 Å². The zero-order valence-corrected chi connectivity index (χ0v) is 27.4. The highest BCUT2D eigenvalue weighted by atomic mass is 127. The predicted octanol–water partition coefficient (Wildman–Crippen LogP) is 7.40. The summed E-state index contributed by atoms with van der Waals surface area (Å²) in [4.78, 5) is 11.3. The van der Waals surface area contributed by atoms with Gasteiger partial charge in [-0.2, -0.15) is 0 Å². The van der Waals surface area contributed by atoms with Crippen LogP contribution in [0.4, 0.5) is 0 Å². The van der Waals surface area contributed by atoms with Crippen molar-refractivity contribution in [3.05, 3.63) is 148 Å². The summed E-state index contributed by atoms with van der Waals surface area (Å²) in [6, 6.07) is 28.6. The molecule has 0 radical (unpaired) electrons. The van der Waals surface area contributed by atoms with Crippen LogP contribution in [0.25, 0.3) is 23.3 Å². The summed E-state index contributed by atoms with van der Waals surface area (Å²) >= 11 is 4.83. The highest BCUT2D eigenvalue weighted by molar-refractivity contribution is 14.1. The molecule has 0 spiro atoms. The van der Waals surface area contributed by atoms with E-state index < -0.39 is 0 Å². The van der Waals surface area contributed by atoms with Crippen LogP contribution in [0, 0.1) is 19.5 Å². The van der Waals surface area contributed by atoms with Crippen LogP contribution in [-0.4, -0.2) is 15.0 Å². The molecule has 7 rings (SSSR count). The molecule has 5 aromatic rings. The SMILES string of the molecule is Cc1ccc(C2=c3ccc([nH]3)=C(c3ccc(I)cc3)c3ccc([nH]3)C=C3CC(C)(C)C(=Cc4[nH]c2cc4I)N3)cc1. The molecule has 5 heterocycles. The van der Waals surface area contributed by atoms with Gasteiger partial charge in [-0.3, -0.25) is 0 Å². The van der Waals surface area contributed by atoms with Gasteiger partial charge in [0.2, 0.25) is 0 Å². The van der Waals surface area contributed by atoms with E-state index in [0.29, 0.717) is 0 Å². The van der Waals surface area contributed by atoms with E-state index in [-0.39, 0.29) is 5.41 Å². The lowest BCUT2D eigenvalue weighted by Gasteiger charge is -2.17. The van der Waals surface area contributed by atoms with Crippen LogP contribution in [0.15, 0.2) is 90.3 Å². The molecule has 0 unspecified atom stereocenters. The zero-order valence-electron chi connectivity index (χ0n) is 23.1. The van der Waals surface area contributed by atoms with Gasteiger partial charge in [-0.15, -0.1) is 0 Å². The fourth-order valence-corrected chi connectivity index (χ4v) is 6.83. The van der Waals surface area contributed by atoms with Crippen molar-refractivity contribution in [2.75, 3.05) is 0 Å². The monoisotopic (exact) mass is 760 g/mol. The fourth-order valence-electron chi connectivity index (χ4n) is 5.87. The molecular formula is C35H30I2N4. The van der Waals surface area contributed by atoms with E-state index in [1.165, 1.54) is 35.2 Å². The summed E-state index contributed by atoms with van der Waals surface area (Å²) in [6.45, 7) is 6.75. The van der Waals surface area contributed by atoms with Gasteiger partial charge in [-0.1, -0.05) is 55.8 Å². The molecule has 0 amide bonds. The first-order valence-electron chi connectivity index (χ1n) is 13.8. The molecule has 4 N–H and O–H groups in total. The number of hydrogen-bond donors (Lipinski definition) is 4. The van der Waals surface area contributed by atoms with Crippen LogP contribution in [-0.2, 0) is 0 Å². The molecule has 0 saturated carbocycles. The Balaban J connectivity index is 1.58. The number of nitrogens with one attached hydrogen (secondary N) is 4.